The summed E-state index contributed by atoms with van der Waals surface area (Å²) in [6.07, 6.45) is 1.06. The molecule has 0 saturated carbocycles. The van der Waals surface area contributed by atoms with Crippen molar-refractivity contribution in [2.45, 2.75) is 18.6 Å². The first-order valence-corrected chi connectivity index (χ1v) is 6.05. The van der Waals surface area contributed by atoms with Crippen LogP contribution in [0.3, 0.4) is 0 Å². The normalized spacial score (nSPS) is 9.93. The van der Waals surface area contributed by atoms with Crippen molar-refractivity contribution in [2.75, 3.05) is 13.7 Å². The molecule has 1 aromatic rings. The molecule has 0 atom stereocenters. The number of hydrogen-bond acceptors (Lipinski definition) is 2. The van der Waals surface area contributed by atoms with Crippen molar-refractivity contribution < 1.29 is 9.47 Å². The molecule has 0 aliphatic heterocycles. The van der Waals surface area contributed by atoms with Gasteiger partial charge in [0.25, 0.3) is 0 Å². The van der Waals surface area contributed by atoms with E-state index in [1.54, 1.807) is 7.11 Å². The van der Waals surface area contributed by atoms with Crippen LogP contribution in [0.2, 0.25) is 5.21 Å². The number of rotatable bonds is 5. The molecule has 1 rings (SSSR count). The number of hydrogen-bond donors (Lipinski definition) is 0. The predicted molar refractivity (Wildman–Crippen MR) is 58.4 cm³/mol. The van der Waals surface area contributed by atoms with Crippen LogP contribution in [0, 0.1) is 0 Å². The standard InChI is InChI=1S/C11H15AsO2/c1-3-14-11-8-9(6-7-12)4-5-10(11)13-2/h4-5,8H,3,6-7H2,1-2H3. The maximum absolute atomic E-state index is 5.48. The Bertz CT molecular complexity index is 287. The molecular formula is C11H15AsO2. The van der Waals surface area contributed by atoms with Crippen LogP contribution < -0.4 is 9.47 Å². The minimum atomic E-state index is 0.669. The first kappa shape index (κ1) is 11.5. The van der Waals surface area contributed by atoms with Gasteiger partial charge in [-0.2, -0.15) is 0 Å². The van der Waals surface area contributed by atoms with Gasteiger partial charge in [-0.25, -0.2) is 0 Å². The van der Waals surface area contributed by atoms with Gasteiger partial charge in [0.15, 0.2) is 0 Å². The van der Waals surface area contributed by atoms with E-state index in [9.17, 15) is 0 Å². The van der Waals surface area contributed by atoms with Crippen molar-refractivity contribution in [3.05, 3.63) is 23.8 Å². The van der Waals surface area contributed by atoms with E-state index in [1.165, 1.54) is 5.56 Å². The average Bonchev–Trinajstić information content (AvgIpc) is 2.19. The minimum absolute atomic E-state index is 0.669. The molecule has 2 nitrogen and oxygen atoms in total. The molecule has 0 aliphatic rings. The zero-order chi connectivity index (χ0) is 10.4. The van der Waals surface area contributed by atoms with Gasteiger partial charge in [0.05, 0.1) is 0 Å². The Morgan fingerprint density at radius 1 is 1.29 bits per heavy atom. The van der Waals surface area contributed by atoms with Crippen LogP contribution in [-0.4, -0.2) is 30.6 Å². The van der Waals surface area contributed by atoms with Crippen LogP contribution >= 0.6 is 0 Å². The van der Waals surface area contributed by atoms with E-state index in [0.29, 0.717) is 6.61 Å². The van der Waals surface area contributed by atoms with Crippen LogP contribution in [0.5, 0.6) is 11.5 Å². The van der Waals surface area contributed by atoms with Gasteiger partial charge in [-0.1, -0.05) is 0 Å². The predicted octanol–water partition coefficient (Wildman–Crippen LogP) is 2.22. The third-order valence-electron chi connectivity index (χ3n) is 1.93. The van der Waals surface area contributed by atoms with Crippen molar-refractivity contribution in [3.63, 3.8) is 0 Å². The fraction of sp³-hybridized carbons (Fsp3) is 0.455. The SMILES string of the molecule is CCOc1cc(CC[As])ccc1OC. The Labute approximate surface area is 94.1 Å². The van der Waals surface area contributed by atoms with Crippen molar-refractivity contribution in [1.29, 1.82) is 0 Å². The molecule has 2 radical (unpaired) electrons. The van der Waals surface area contributed by atoms with Crippen LogP contribution in [-0.2, 0) is 6.42 Å². The molecule has 3 heteroatoms. The molecule has 0 heterocycles. The Morgan fingerprint density at radius 3 is 2.64 bits per heavy atom. The second-order valence-electron chi connectivity index (χ2n) is 2.89. The Hall–Kier alpha value is -0.622. The van der Waals surface area contributed by atoms with E-state index in [-0.39, 0.29) is 0 Å². The average molecular weight is 254 g/mol. The van der Waals surface area contributed by atoms with Crippen LogP contribution in [0.1, 0.15) is 12.5 Å². The summed E-state index contributed by atoms with van der Waals surface area (Å²) in [5, 5.41) is 1.09. The second kappa shape index (κ2) is 5.97. The van der Waals surface area contributed by atoms with Gasteiger partial charge in [0.1, 0.15) is 0 Å². The van der Waals surface area contributed by atoms with Gasteiger partial charge in [-0.15, -0.1) is 0 Å². The van der Waals surface area contributed by atoms with Gasteiger partial charge < -0.3 is 0 Å². The third kappa shape index (κ3) is 2.95. The van der Waals surface area contributed by atoms with E-state index >= 15 is 0 Å². The van der Waals surface area contributed by atoms with Crippen molar-refractivity contribution >= 4 is 16.9 Å². The van der Waals surface area contributed by atoms with Crippen molar-refractivity contribution in [2.24, 2.45) is 0 Å². The number of ether oxygens (including phenoxy) is 2. The third-order valence-corrected chi connectivity index (χ3v) is 2.40. The fourth-order valence-corrected chi connectivity index (χ4v) is 1.82. The van der Waals surface area contributed by atoms with Crippen molar-refractivity contribution in [3.8, 4) is 11.5 Å². The molecule has 0 aliphatic carbocycles. The molecule has 14 heavy (non-hydrogen) atoms. The summed E-state index contributed by atoms with van der Waals surface area (Å²) in [6, 6.07) is 6.09. The monoisotopic (exact) mass is 254 g/mol. The molecule has 0 bridgehead atoms. The van der Waals surface area contributed by atoms with Crippen LogP contribution in [0.25, 0.3) is 0 Å². The van der Waals surface area contributed by atoms with Gasteiger partial charge in [0, 0.05) is 0 Å². The van der Waals surface area contributed by atoms with Gasteiger partial charge in [-0.3, -0.25) is 0 Å². The molecule has 0 fully saturated rings. The molecule has 0 N–H and O–H groups in total. The molecule has 0 amide bonds. The summed E-state index contributed by atoms with van der Waals surface area (Å²) >= 11 is 2.59. The van der Waals surface area contributed by atoms with E-state index < -0.39 is 0 Å². The number of methoxy groups -OCH3 is 1. The summed E-state index contributed by atoms with van der Waals surface area (Å²) in [4.78, 5) is 0. The van der Waals surface area contributed by atoms with Gasteiger partial charge in [-0.05, 0) is 0 Å². The maximum atomic E-state index is 5.48. The Kier molecular flexibility index (Phi) is 4.89. The summed E-state index contributed by atoms with van der Waals surface area (Å²) in [7, 11) is 1.66. The van der Waals surface area contributed by atoms with Crippen molar-refractivity contribution in [1.82, 2.24) is 0 Å². The first-order chi connectivity index (χ1) is 6.81. The summed E-state index contributed by atoms with van der Waals surface area (Å²) in [6.45, 7) is 2.64. The molecule has 1 aromatic carbocycles. The molecule has 0 saturated heterocycles. The topological polar surface area (TPSA) is 18.5 Å². The molecule has 76 valence electrons. The van der Waals surface area contributed by atoms with Crippen LogP contribution in [0.4, 0.5) is 0 Å². The fourth-order valence-electron chi connectivity index (χ4n) is 1.27. The second-order valence-corrected chi connectivity index (χ2v) is 3.83. The first-order valence-electron chi connectivity index (χ1n) is 4.72. The number of aryl methyl sites for hydroxylation is 1. The molecule has 0 unspecified atom stereocenters. The Balaban J connectivity index is 2.88. The summed E-state index contributed by atoms with van der Waals surface area (Å²) in [5.41, 5.74) is 1.29. The van der Waals surface area contributed by atoms with E-state index in [2.05, 4.69) is 29.0 Å². The molecular weight excluding hydrogens is 239 g/mol. The van der Waals surface area contributed by atoms with E-state index in [0.717, 1.165) is 23.1 Å². The van der Waals surface area contributed by atoms with Gasteiger partial charge in [0.2, 0.25) is 0 Å². The molecule has 0 spiro atoms. The zero-order valence-corrected chi connectivity index (χ0v) is 10.5. The van der Waals surface area contributed by atoms with Gasteiger partial charge >= 0.3 is 93.9 Å². The summed E-state index contributed by atoms with van der Waals surface area (Å²) < 4.78 is 10.7. The Morgan fingerprint density at radius 2 is 2.07 bits per heavy atom. The zero-order valence-electron chi connectivity index (χ0n) is 8.62. The van der Waals surface area contributed by atoms with Crippen LogP contribution in [0.15, 0.2) is 18.2 Å². The summed E-state index contributed by atoms with van der Waals surface area (Å²) in [5.74, 6) is 1.65. The number of benzene rings is 1. The quantitative estimate of drug-likeness (QED) is 0.750. The van der Waals surface area contributed by atoms with E-state index in [4.69, 9.17) is 9.47 Å². The molecule has 0 aromatic heterocycles. The van der Waals surface area contributed by atoms with E-state index in [1.807, 2.05) is 13.0 Å².